The molecule has 56 heavy (non-hydrogen) atoms. The van der Waals surface area contributed by atoms with Crippen molar-refractivity contribution in [3.8, 4) is 44.5 Å². The van der Waals surface area contributed by atoms with Crippen LogP contribution in [0.5, 0.6) is 0 Å². The minimum absolute atomic E-state index is 1.26. The van der Waals surface area contributed by atoms with Crippen LogP contribution in [0.4, 0.5) is 0 Å². The Labute approximate surface area is 323 Å². The highest BCUT2D eigenvalue weighted by Crippen LogP contribution is 2.61. The lowest BCUT2D eigenvalue weighted by Gasteiger charge is -2.24. The van der Waals surface area contributed by atoms with Gasteiger partial charge in [-0.15, -0.1) is 0 Å². The van der Waals surface area contributed by atoms with E-state index >= 15 is 0 Å². The normalized spacial score (nSPS) is 12.3. The number of rotatable bonds is 2. The molecule has 1 aliphatic carbocycles. The minimum atomic E-state index is 1.26. The van der Waals surface area contributed by atoms with Crippen molar-refractivity contribution in [1.82, 2.24) is 0 Å². The molecule has 0 spiro atoms. The van der Waals surface area contributed by atoms with Crippen LogP contribution in [0.15, 0.2) is 194 Å². The highest BCUT2D eigenvalue weighted by atomic mass is 14.4. The van der Waals surface area contributed by atoms with E-state index in [1.807, 2.05) is 0 Å². The number of hydrogen-bond acceptors (Lipinski definition) is 0. The SMILES string of the molecule is c1ccc2c(-c3c4c(c(-c5c6ccccc6cc6ccccc56)c5ccccc35)-c3cc5c6ccccc6ccc5c5cccc-4c35)c3ccccc3cc2c1. The first-order valence-electron chi connectivity index (χ1n) is 19.6. The molecule has 0 heterocycles. The van der Waals surface area contributed by atoms with Gasteiger partial charge < -0.3 is 0 Å². The van der Waals surface area contributed by atoms with E-state index in [4.69, 9.17) is 0 Å². The largest absolute Gasteiger partial charge is 0.0616 e. The van der Waals surface area contributed by atoms with Crippen molar-refractivity contribution < 1.29 is 0 Å². The first kappa shape index (κ1) is 30.1. The van der Waals surface area contributed by atoms with E-state index in [0.717, 1.165) is 0 Å². The number of benzene rings is 12. The molecule has 0 saturated carbocycles. The molecular formula is C56H32. The monoisotopic (exact) mass is 704 g/mol. The van der Waals surface area contributed by atoms with Crippen LogP contribution in [-0.2, 0) is 0 Å². The van der Waals surface area contributed by atoms with Gasteiger partial charge >= 0.3 is 0 Å². The Morgan fingerprint density at radius 2 is 0.589 bits per heavy atom. The third-order valence-corrected chi connectivity index (χ3v) is 12.7. The average Bonchev–Trinajstić information content (AvgIpc) is 3.58. The smallest absolute Gasteiger partial charge is 0.000674 e. The summed E-state index contributed by atoms with van der Waals surface area (Å²) in [7, 11) is 0. The molecule has 0 unspecified atom stereocenters. The van der Waals surface area contributed by atoms with Crippen molar-refractivity contribution in [3.63, 3.8) is 0 Å². The van der Waals surface area contributed by atoms with Gasteiger partial charge in [0.25, 0.3) is 0 Å². The van der Waals surface area contributed by atoms with E-state index in [1.54, 1.807) is 0 Å². The second kappa shape index (κ2) is 11.1. The summed E-state index contributed by atoms with van der Waals surface area (Å²) >= 11 is 0. The Morgan fingerprint density at radius 3 is 1.11 bits per heavy atom. The van der Waals surface area contributed by atoms with Crippen molar-refractivity contribution in [2.75, 3.05) is 0 Å². The molecule has 0 amide bonds. The van der Waals surface area contributed by atoms with Gasteiger partial charge in [0, 0.05) is 0 Å². The molecule has 12 aromatic carbocycles. The van der Waals surface area contributed by atoms with E-state index in [2.05, 4.69) is 194 Å². The predicted molar refractivity (Wildman–Crippen MR) is 242 cm³/mol. The van der Waals surface area contributed by atoms with Gasteiger partial charge in [-0.3, -0.25) is 0 Å². The summed E-state index contributed by atoms with van der Waals surface area (Å²) in [6.07, 6.45) is 0. The van der Waals surface area contributed by atoms with Crippen molar-refractivity contribution >= 4 is 86.2 Å². The molecule has 0 aliphatic heterocycles. The second-order valence-corrected chi connectivity index (χ2v) is 15.5. The summed E-state index contributed by atoms with van der Waals surface area (Å²) in [5.74, 6) is 0. The summed E-state index contributed by atoms with van der Waals surface area (Å²) in [5, 5.41) is 20.5. The molecular weight excluding hydrogens is 673 g/mol. The highest BCUT2D eigenvalue weighted by molar-refractivity contribution is 6.36. The maximum Gasteiger partial charge on any atom is -0.000674 e. The first-order chi connectivity index (χ1) is 27.8. The van der Waals surface area contributed by atoms with Gasteiger partial charge in [-0.1, -0.05) is 176 Å². The van der Waals surface area contributed by atoms with Gasteiger partial charge in [0.15, 0.2) is 0 Å². The van der Waals surface area contributed by atoms with Crippen LogP contribution in [0.25, 0.3) is 131 Å². The first-order valence-corrected chi connectivity index (χ1v) is 19.6. The molecule has 0 saturated heterocycles. The van der Waals surface area contributed by atoms with Gasteiger partial charge in [-0.2, -0.15) is 0 Å². The molecule has 0 fully saturated rings. The average molecular weight is 705 g/mol. The third-order valence-electron chi connectivity index (χ3n) is 12.7. The maximum absolute atomic E-state index is 2.53. The van der Waals surface area contributed by atoms with E-state index in [-0.39, 0.29) is 0 Å². The fourth-order valence-corrected chi connectivity index (χ4v) is 10.4. The molecule has 0 N–H and O–H groups in total. The molecule has 12 aromatic rings. The lowest BCUT2D eigenvalue weighted by Crippen LogP contribution is -1.96. The molecule has 0 radical (unpaired) electrons. The Balaban J connectivity index is 1.34. The summed E-state index contributed by atoms with van der Waals surface area (Å²) in [6, 6.07) is 73.0. The lowest BCUT2D eigenvalue weighted by atomic mass is 9.78. The van der Waals surface area contributed by atoms with E-state index in [0.29, 0.717) is 0 Å². The highest BCUT2D eigenvalue weighted by Gasteiger charge is 2.33. The Hall–Kier alpha value is -7.28. The minimum Gasteiger partial charge on any atom is -0.0616 e. The van der Waals surface area contributed by atoms with Crippen molar-refractivity contribution in [2.45, 2.75) is 0 Å². The fraction of sp³-hybridized carbons (Fsp3) is 0. The third kappa shape index (κ3) is 3.93. The zero-order chi connectivity index (χ0) is 36.5. The van der Waals surface area contributed by atoms with Crippen LogP contribution in [0, 0.1) is 0 Å². The predicted octanol–water partition coefficient (Wildman–Crippen LogP) is 15.9. The molecule has 1 aliphatic rings. The lowest BCUT2D eigenvalue weighted by molar-refractivity contribution is 1.68. The molecule has 13 rings (SSSR count). The Morgan fingerprint density at radius 1 is 0.179 bits per heavy atom. The fourth-order valence-electron chi connectivity index (χ4n) is 10.4. The van der Waals surface area contributed by atoms with Gasteiger partial charge in [0.2, 0.25) is 0 Å². The molecule has 0 atom stereocenters. The number of fused-ring (bicyclic) bond motifs is 12. The van der Waals surface area contributed by atoms with Crippen LogP contribution in [0.2, 0.25) is 0 Å². The molecule has 0 heteroatoms. The zero-order valence-electron chi connectivity index (χ0n) is 30.5. The van der Waals surface area contributed by atoms with Crippen LogP contribution < -0.4 is 0 Å². The molecule has 0 bridgehead atoms. The van der Waals surface area contributed by atoms with E-state index < -0.39 is 0 Å². The maximum atomic E-state index is 2.53. The number of hydrogen-bond donors (Lipinski definition) is 0. The quantitative estimate of drug-likeness (QED) is 0.124. The van der Waals surface area contributed by atoms with Crippen molar-refractivity contribution in [1.29, 1.82) is 0 Å². The van der Waals surface area contributed by atoms with Crippen molar-refractivity contribution in [2.24, 2.45) is 0 Å². The second-order valence-electron chi connectivity index (χ2n) is 15.5. The standard InChI is InChI=1S/C56H32/c1-6-19-38-33(14-1)28-29-43-44-26-13-27-47-50(44)49(32-48(38)43)56-54(52-41-22-9-4-17-36(41)31-37-18-5-10-23-42(37)52)46-25-12-11-24-45(46)53(55(47)56)51-39-20-7-2-15-34(39)30-35-16-3-8-21-40(35)51/h1-32H. The summed E-state index contributed by atoms with van der Waals surface area (Å²) in [4.78, 5) is 0. The molecule has 0 nitrogen and oxygen atoms in total. The van der Waals surface area contributed by atoms with Crippen LogP contribution in [0.3, 0.4) is 0 Å². The van der Waals surface area contributed by atoms with Crippen molar-refractivity contribution in [3.05, 3.63) is 194 Å². The van der Waals surface area contributed by atoms with Gasteiger partial charge in [-0.25, -0.2) is 0 Å². The summed E-state index contributed by atoms with van der Waals surface area (Å²) in [5.41, 5.74) is 10.5. The van der Waals surface area contributed by atoms with E-state index in [9.17, 15) is 0 Å². The van der Waals surface area contributed by atoms with Gasteiger partial charge in [0.1, 0.15) is 0 Å². The van der Waals surface area contributed by atoms with Crippen LogP contribution in [0.1, 0.15) is 0 Å². The van der Waals surface area contributed by atoms with Gasteiger partial charge in [0.05, 0.1) is 0 Å². The topological polar surface area (TPSA) is 0 Å². The Bertz CT molecular complexity index is 3590. The molecule has 0 aromatic heterocycles. The Kier molecular flexibility index (Phi) is 5.98. The van der Waals surface area contributed by atoms with Gasteiger partial charge in [-0.05, 0) is 149 Å². The zero-order valence-corrected chi connectivity index (χ0v) is 30.5. The summed E-state index contributed by atoms with van der Waals surface area (Å²) in [6.45, 7) is 0. The summed E-state index contributed by atoms with van der Waals surface area (Å²) < 4.78 is 0. The van der Waals surface area contributed by atoms with E-state index in [1.165, 1.54) is 131 Å². The molecule has 256 valence electrons. The van der Waals surface area contributed by atoms with Crippen LogP contribution >= 0.6 is 0 Å². The van der Waals surface area contributed by atoms with Crippen LogP contribution in [-0.4, -0.2) is 0 Å².